The van der Waals surface area contributed by atoms with E-state index in [1.54, 1.807) is 6.07 Å². The van der Waals surface area contributed by atoms with Crippen LogP contribution in [0.2, 0.25) is 5.02 Å². The van der Waals surface area contributed by atoms with Crippen molar-refractivity contribution in [3.8, 4) is 0 Å². The fraction of sp³-hybridized carbons (Fsp3) is 0.0667. The van der Waals surface area contributed by atoms with Crippen LogP contribution in [0.4, 0.5) is 24.8 Å². The molecule has 0 aliphatic carbocycles. The van der Waals surface area contributed by atoms with E-state index in [1.807, 2.05) is 0 Å². The van der Waals surface area contributed by atoms with Gasteiger partial charge < -0.3 is 5.32 Å². The third-order valence-electron chi connectivity index (χ3n) is 3.12. The van der Waals surface area contributed by atoms with Crippen LogP contribution in [0.15, 0.2) is 47.3 Å². The van der Waals surface area contributed by atoms with Crippen molar-refractivity contribution in [3.63, 3.8) is 0 Å². The number of H-pyrrole nitrogens is 1. The fourth-order valence-electron chi connectivity index (χ4n) is 2.08. The summed E-state index contributed by atoms with van der Waals surface area (Å²) in [6.07, 6.45) is -4.45. The highest BCUT2D eigenvalue weighted by atomic mass is 35.5. The molecule has 0 unspecified atom stereocenters. The van der Waals surface area contributed by atoms with Crippen molar-refractivity contribution in [1.82, 2.24) is 9.97 Å². The maximum absolute atomic E-state index is 12.7. The monoisotopic (exact) mass is 339 g/mol. The van der Waals surface area contributed by atoms with Gasteiger partial charge in [-0.2, -0.15) is 13.2 Å². The average Bonchev–Trinajstić information content (AvgIpc) is 2.46. The van der Waals surface area contributed by atoms with Gasteiger partial charge in [0.25, 0.3) is 5.56 Å². The van der Waals surface area contributed by atoms with Crippen LogP contribution in [0.25, 0.3) is 10.9 Å². The van der Waals surface area contributed by atoms with Gasteiger partial charge in [0.1, 0.15) is 0 Å². The molecule has 0 saturated carbocycles. The van der Waals surface area contributed by atoms with E-state index in [2.05, 4.69) is 15.3 Å². The van der Waals surface area contributed by atoms with Gasteiger partial charge in [-0.05, 0) is 36.4 Å². The summed E-state index contributed by atoms with van der Waals surface area (Å²) < 4.78 is 38.1. The maximum atomic E-state index is 12.7. The Bertz CT molecular complexity index is 937. The lowest BCUT2D eigenvalue weighted by Crippen LogP contribution is -2.11. The molecule has 1 aromatic heterocycles. The number of aromatic amines is 1. The summed E-state index contributed by atoms with van der Waals surface area (Å²) in [7, 11) is 0. The predicted octanol–water partition coefficient (Wildman–Crippen LogP) is 4.34. The standard InChI is InChI=1S/C15H9ClF3N3O/c16-9-4-5-11-12(7-9)21-14(22-13(11)23)20-10-3-1-2-8(6-10)15(17,18)19/h1-7H,(H2,20,21,22,23). The molecule has 4 nitrogen and oxygen atoms in total. The van der Waals surface area contributed by atoms with Crippen LogP contribution >= 0.6 is 11.6 Å². The third kappa shape index (κ3) is 3.29. The van der Waals surface area contributed by atoms with E-state index in [0.717, 1.165) is 12.1 Å². The Hall–Kier alpha value is -2.54. The summed E-state index contributed by atoms with van der Waals surface area (Å²) in [6.45, 7) is 0. The first kappa shape index (κ1) is 15.4. The number of hydrogen-bond acceptors (Lipinski definition) is 3. The molecule has 23 heavy (non-hydrogen) atoms. The summed E-state index contributed by atoms with van der Waals surface area (Å²) in [5.74, 6) is 0.0316. The Morgan fingerprint density at radius 1 is 1.13 bits per heavy atom. The summed E-state index contributed by atoms with van der Waals surface area (Å²) in [6, 6.07) is 9.18. The molecule has 0 aliphatic heterocycles. The van der Waals surface area contributed by atoms with Crippen molar-refractivity contribution in [2.75, 3.05) is 5.32 Å². The maximum Gasteiger partial charge on any atom is 0.416 e. The summed E-state index contributed by atoms with van der Waals surface area (Å²) in [5, 5.41) is 3.40. The van der Waals surface area contributed by atoms with E-state index >= 15 is 0 Å². The molecule has 0 radical (unpaired) electrons. The number of nitrogens with one attached hydrogen (secondary N) is 2. The lowest BCUT2D eigenvalue weighted by atomic mass is 10.2. The van der Waals surface area contributed by atoms with Crippen LogP contribution in [0.1, 0.15) is 5.56 Å². The Labute approximate surface area is 132 Å². The number of fused-ring (bicyclic) bond motifs is 1. The topological polar surface area (TPSA) is 57.8 Å². The average molecular weight is 340 g/mol. The largest absolute Gasteiger partial charge is 0.416 e. The lowest BCUT2D eigenvalue weighted by Gasteiger charge is -2.10. The van der Waals surface area contributed by atoms with Crippen LogP contribution in [0.5, 0.6) is 0 Å². The number of nitrogens with zero attached hydrogens (tertiary/aromatic N) is 1. The first-order chi connectivity index (χ1) is 10.8. The van der Waals surface area contributed by atoms with Gasteiger partial charge in [0.15, 0.2) is 0 Å². The van der Waals surface area contributed by atoms with Gasteiger partial charge in [-0.3, -0.25) is 9.78 Å². The Morgan fingerprint density at radius 3 is 2.65 bits per heavy atom. The molecule has 0 spiro atoms. The van der Waals surface area contributed by atoms with Crippen LogP contribution < -0.4 is 10.9 Å². The molecular weight excluding hydrogens is 331 g/mol. The molecule has 2 aromatic carbocycles. The fourth-order valence-corrected chi connectivity index (χ4v) is 2.25. The zero-order valence-electron chi connectivity index (χ0n) is 11.4. The Balaban J connectivity index is 2.00. The molecule has 0 aliphatic rings. The van der Waals surface area contributed by atoms with E-state index in [0.29, 0.717) is 15.9 Å². The summed E-state index contributed by atoms with van der Waals surface area (Å²) in [5.41, 5.74) is -0.713. The van der Waals surface area contributed by atoms with Gasteiger partial charge in [-0.25, -0.2) is 4.98 Å². The van der Waals surface area contributed by atoms with Crippen molar-refractivity contribution in [3.05, 3.63) is 63.4 Å². The number of alkyl halides is 3. The molecule has 118 valence electrons. The summed E-state index contributed by atoms with van der Waals surface area (Å²) in [4.78, 5) is 18.6. The van der Waals surface area contributed by atoms with Gasteiger partial charge in [0.2, 0.25) is 5.95 Å². The van der Waals surface area contributed by atoms with E-state index < -0.39 is 17.3 Å². The molecule has 2 N–H and O–H groups in total. The number of benzene rings is 2. The number of anilines is 2. The third-order valence-corrected chi connectivity index (χ3v) is 3.36. The minimum absolute atomic E-state index is 0.0316. The SMILES string of the molecule is O=c1[nH]c(Nc2cccc(C(F)(F)F)c2)nc2cc(Cl)ccc12. The first-order valence-corrected chi connectivity index (χ1v) is 6.84. The number of hydrogen-bond donors (Lipinski definition) is 2. The highest BCUT2D eigenvalue weighted by molar-refractivity contribution is 6.31. The molecular formula is C15H9ClF3N3O. The molecule has 0 bridgehead atoms. The van der Waals surface area contributed by atoms with E-state index in [4.69, 9.17) is 11.6 Å². The zero-order valence-corrected chi connectivity index (χ0v) is 12.2. The number of halogens is 4. The van der Waals surface area contributed by atoms with Gasteiger partial charge in [0, 0.05) is 10.7 Å². The minimum Gasteiger partial charge on any atom is -0.326 e. The normalized spacial score (nSPS) is 11.7. The molecule has 0 saturated heterocycles. The molecule has 0 fully saturated rings. The zero-order chi connectivity index (χ0) is 16.6. The lowest BCUT2D eigenvalue weighted by molar-refractivity contribution is -0.137. The Morgan fingerprint density at radius 2 is 1.91 bits per heavy atom. The second kappa shape index (κ2) is 5.58. The molecule has 1 heterocycles. The van der Waals surface area contributed by atoms with E-state index in [9.17, 15) is 18.0 Å². The molecule has 3 aromatic rings. The van der Waals surface area contributed by atoms with Crippen LogP contribution in [-0.2, 0) is 6.18 Å². The molecule has 8 heteroatoms. The van der Waals surface area contributed by atoms with Gasteiger partial charge in [-0.15, -0.1) is 0 Å². The highest BCUT2D eigenvalue weighted by Gasteiger charge is 2.30. The smallest absolute Gasteiger partial charge is 0.326 e. The number of rotatable bonds is 2. The van der Waals surface area contributed by atoms with Crippen molar-refractivity contribution in [1.29, 1.82) is 0 Å². The first-order valence-electron chi connectivity index (χ1n) is 6.47. The van der Waals surface area contributed by atoms with Crippen LogP contribution in [-0.4, -0.2) is 9.97 Å². The minimum atomic E-state index is -4.45. The summed E-state index contributed by atoms with van der Waals surface area (Å²) >= 11 is 5.86. The van der Waals surface area contributed by atoms with Crippen molar-refractivity contribution >= 4 is 34.1 Å². The van der Waals surface area contributed by atoms with E-state index in [-0.39, 0.29) is 11.6 Å². The van der Waals surface area contributed by atoms with Crippen molar-refractivity contribution in [2.24, 2.45) is 0 Å². The second-order valence-corrected chi connectivity index (χ2v) is 5.22. The van der Waals surface area contributed by atoms with Gasteiger partial charge in [-0.1, -0.05) is 17.7 Å². The quantitative estimate of drug-likeness (QED) is 0.730. The van der Waals surface area contributed by atoms with Crippen LogP contribution in [0, 0.1) is 0 Å². The van der Waals surface area contributed by atoms with Crippen molar-refractivity contribution < 1.29 is 13.2 Å². The molecule has 0 atom stereocenters. The van der Waals surface area contributed by atoms with Crippen LogP contribution in [0.3, 0.4) is 0 Å². The van der Waals surface area contributed by atoms with Crippen molar-refractivity contribution in [2.45, 2.75) is 6.18 Å². The van der Waals surface area contributed by atoms with Gasteiger partial charge in [0.05, 0.1) is 16.5 Å². The second-order valence-electron chi connectivity index (χ2n) is 4.78. The van der Waals surface area contributed by atoms with Gasteiger partial charge >= 0.3 is 6.18 Å². The molecule has 0 amide bonds. The van der Waals surface area contributed by atoms with E-state index in [1.165, 1.54) is 24.3 Å². The Kier molecular flexibility index (Phi) is 3.73. The molecule has 3 rings (SSSR count). The highest BCUT2D eigenvalue weighted by Crippen LogP contribution is 2.31. The predicted molar refractivity (Wildman–Crippen MR) is 82.1 cm³/mol. The number of aromatic nitrogens is 2.